The minimum absolute atomic E-state index is 0.0595. The van der Waals surface area contributed by atoms with Gasteiger partial charge in [0.2, 0.25) is 0 Å². The van der Waals surface area contributed by atoms with Crippen LogP contribution in [0.1, 0.15) is 34.7 Å². The van der Waals surface area contributed by atoms with Crippen molar-refractivity contribution >= 4 is 23.0 Å². The molecule has 7 heteroatoms. The van der Waals surface area contributed by atoms with E-state index in [2.05, 4.69) is 57.9 Å². The second kappa shape index (κ2) is 10.5. The summed E-state index contributed by atoms with van der Waals surface area (Å²) in [5.41, 5.74) is 5.58. The number of hydrogen-bond acceptors (Lipinski definition) is 4. The zero-order valence-corrected chi connectivity index (χ0v) is 21.5. The average Bonchev–Trinajstić information content (AvgIpc) is 3.39. The molecule has 5 rings (SSSR count). The lowest BCUT2D eigenvalue weighted by Gasteiger charge is -2.28. The molecule has 6 nitrogen and oxygen atoms in total. The fraction of sp³-hybridized carbons (Fsp3) is 0.241. The van der Waals surface area contributed by atoms with Crippen LogP contribution in [-0.4, -0.2) is 28.4 Å². The number of hydrogen-bond donors (Lipinski definition) is 1. The van der Waals surface area contributed by atoms with Crippen LogP contribution in [0, 0.1) is 13.8 Å². The van der Waals surface area contributed by atoms with E-state index in [4.69, 9.17) is 21.7 Å². The molecule has 1 aliphatic heterocycles. The van der Waals surface area contributed by atoms with Crippen molar-refractivity contribution in [2.24, 2.45) is 0 Å². The summed E-state index contributed by atoms with van der Waals surface area (Å²) in [6.07, 6.45) is 1.83. The van der Waals surface area contributed by atoms with Crippen molar-refractivity contribution in [2.75, 3.05) is 18.6 Å². The van der Waals surface area contributed by atoms with Crippen molar-refractivity contribution in [1.29, 1.82) is 0 Å². The molecule has 1 fully saturated rings. The molecule has 36 heavy (non-hydrogen) atoms. The third-order valence-electron chi connectivity index (χ3n) is 6.64. The second-order valence-corrected chi connectivity index (χ2v) is 9.26. The maximum atomic E-state index is 6.01. The van der Waals surface area contributed by atoms with Gasteiger partial charge in [-0.15, -0.1) is 0 Å². The molecular weight excluding hydrogens is 468 g/mol. The van der Waals surface area contributed by atoms with E-state index in [1.807, 2.05) is 60.8 Å². The van der Waals surface area contributed by atoms with Crippen LogP contribution in [0.15, 0.2) is 85.1 Å². The maximum absolute atomic E-state index is 6.01. The Bertz CT molecular complexity index is 1320. The molecule has 0 bridgehead atoms. The molecule has 1 aliphatic rings. The highest BCUT2D eigenvalue weighted by atomic mass is 32.1. The largest absolute Gasteiger partial charge is 0.457 e. The van der Waals surface area contributed by atoms with Gasteiger partial charge in [-0.05, 0) is 86.2 Å². The molecule has 1 saturated heterocycles. The predicted molar refractivity (Wildman–Crippen MR) is 147 cm³/mol. The number of aromatic nitrogens is 2. The quantitative estimate of drug-likeness (QED) is 0.296. The van der Waals surface area contributed by atoms with Gasteiger partial charge >= 0.3 is 0 Å². The standard InChI is InChI=1S/C29H30N4O2S/c1-20-19-25(21(2)32(20)17-18-34-3)28-27(26-11-7-8-16-30-26)31-29(36)33(28)22-12-14-24(15-13-22)35-23-9-5-4-6-10-23/h4-16,19,27-28H,17-18H2,1-3H3,(H,31,36)/t27-,28+/m0/s1. The number of nitrogens with one attached hydrogen (secondary N) is 1. The molecule has 2 aromatic carbocycles. The Balaban J connectivity index is 1.53. The van der Waals surface area contributed by atoms with E-state index in [0.29, 0.717) is 11.7 Å². The van der Waals surface area contributed by atoms with Gasteiger partial charge in [0.05, 0.1) is 24.4 Å². The van der Waals surface area contributed by atoms with E-state index >= 15 is 0 Å². The Kier molecular flexibility index (Phi) is 7.02. The molecule has 1 N–H and O–H groups in total. The molecule has 4 aromatic rings. The first-order valence-electron chi connectivity index (χ1n) is 12.1. The van der Waals surface area contributed by atoms with Crippen LogP contribution in [-0.2, 0) is 11.3 Å². The van der Waals surface area contributed by atoms with Gasteiger partial charge in [-0.3, -0.25) is 4.98 Å². The van der Waals surface area contributed by atoms with Crippen LogP contribution < -0.4 is 15.0 Å². The van der Waals surface area contributed by atoms with Crippen molar-refractivity contribution < 1.29 is 9.47 Å². The number of nitrogens with zero attached hydrogens (tertiary/aromatic N) is 3. The average molecular weight is 499 g/mol. The Labute approximate surface area is 217 Å². The third-order valence-corrected chi connectivity index (χ3v) is 6.96. The van der Waals surface area contributed by atoms with Gasteiger partial charge in [-0.25, -0.2) is 0 Å². The number of pyridine rings is 1. The zero-order chi connectivity index (χ0) is 25.1. The number of rotatable bonds is 8. The number of aryl methyl sites for hydroxylation is 1. The lowest BCUT2D eigenvalue weighted by Crippen LogP contribution is -2.29. The first-order valence-corrected chi connectivity index (χ1v) is 12.5. The summed E-state index contributed by atoms with van der Waals surface area (Å²) in [7, 11) is 1.73. The molecule has 0 unspecified atom stereocenters. The molecule has 184 valence electrons. The SMILES string of the molecule is COCCn1c(C)cc([C@@H]2[C@H](c3ccccn3)NC(=S)N2c2ccc(Oc3ccccc3)cc2)c1C. The summed E-state index contributed by atoms with van der Waals surface area (Å²) in [5.74, 6) is 1.58. The zero-order valence-electron chi connectivity index (χ0n) is 20.7. The van der Waals surface area contributed by atoms with E-state index in [0.717, 1.165) is 29.4 Å². The highest BCUT2D eigenvalue weighted by Crippen LogP contribution is 2.43. The first-order chi connectivity index (χ1) is 17.6. The molecule has 0 spiro atoms. The molecule has 2 atom stereocenters. The Morgan fingerprint density at radius 1 is 0.944 bits per heavy atom. The van der Waals surface area contributed by atoms with Crippen LogP contribution in [0.2, 0.25) is 0 Å². The van der Waals surface area contributed by atoms with Gasteiger partial charge in [-0.2, -0.15) is 0 Å². The predicted octanol–water partition coefficient (Wildman–Crippen LogP) is 6.12. The number of thiocarbonyl (C=S) groups is 1. The lowest BCUT2D eigenvalue weighted by atomic mass is 9.96. The lowest BCUT2D eigenvalue weighted by molar-refractivity contribution is 0.186. The number of ether oxygens (including phenoxy) is 2. The van der Waals surface area contributed by atoms with Crippen LogP contribution in [0.3, 0.4) is 0 Å². The van der Waals surface area contributed by atoms with Gasteiger partial charge < -0.3 is 24.3 Å². The van der Waals surface area contributed by atoms with Crippen molar-refractivity contribution in [1.82, 2.24) is 14.9 Å². The van der Waals surface area contributed by atoms with Crippen LogP contribution in [0.25, 0.3) is 0 Å². The molecule has 2 aromatic heterocycles. The van der Waals surface area contributed by atoms with Gasteiger partial charge in [0.1, 0.15) is 11.5 Å². The fourth-order valence-corrected chi connectivity index (χ4v) is 5.25. The van der Waals surface area contributed by atoms with Crippen LogP contribution in [0.4, 0.5) is 5.69 Å². The summed E-state index contributed by atoms with van der Waals surface area (Å²) in [6.45, 7) is 5.78. The fourth-order valence-electron chi connectivity index (χ4n) is 4.90. The molecule has 3 heterocycles. The van der Waals surface area contributed by atoms with E-state index in [1.54, 1.807) is 7.11 Å². The minimum Gasteiger partial charge on any atom is -0.457 e. The normalized spacial score (nSPS) is 17.3. The topological polar surface area (TPSA) is 51.5 Å². The number of para-hydroxylation sites is 1. The van der Waals surface area contributed by atoms with Gasteiger partial charge in [0.15, 0.2) is 5.11 Å². The summed E-state index contributed by atoms with van der Waals surface area (Å²) >= 11 is 5.90. The highest BCUT2D eigenvalue weighted by molar-refractivity contribution is 7.80. The van der Waals surface area contributed by atoms with Crippen molar-refractivity contribution in [3.63, 3.8) is 0 Å². The van der Waals surface area contributed by atoms with E-state index < -0.39 is 0 Å². The Morgan fingerprint density at radius 2 is 1.67 bits per heavy atom. The van der Waals surface area contributed by atoms with E-state index in [9.17, 15) is 0 Å². The third kappa shape index (κ3) is 4.72. The van der Waals surface area contributed by atoms with E-state index in [1.165, 1.54) is 17.0 Å². The van der Waals surface area contributed by atoms with Crippen LogP contribution >= 0.6 is 12.2 Å². The summed E-state index contributed by atoms with van der Waals surface area (Å²) in [4.78, 5) is 6.87. The summed E-state index contributed by atoms with van der Waals surface area (Å²) in [6, 6.07) is 26.0. The molecule has 0 saturated carbocycles. The van der Waals surface area contributed by atoms with Crippen molar-refractivity contribution in [2.45, 2.75) is 32.5 Å². The Morgan fingerprint density at radius 3 is 2.36 bits per heavy atom. The maximum Gasteiger partial charge on any atom is 0.174 e. The number of methoxy groups -OCH3 is 1. The Hall–Kier alpha value is -3.68. The second-order valence-electron chi connectivity index (χ2n) is 8.88. The molecule has 0 amide bonds. The highest BCUT2D eigenvalue weighted by Gasteiger charge is 2.42. The number of benzene rings is 2. The summed E-state index contributed by atoms with van der Waals surface area (Å²) in [5, 5.41) is 4.23. The van der Waals surface area contributed by atoms with Crippen molar-refractivity contribution in [3.05, 3.63) is 108 Å². The van der Waals surface area contributed by atoms with Gasteiger partial charge in [0.25, 0.3) is 0 Å². The van der Waals surface area contributed by atoms with Crippen molar-refractivity contribution in [3.8, 4) is 11.5 Å². The summed E-state index contributed by atoms with van der Waals surface area (Å²) < 4.78 is 13.7. The molecular formula is C29H30N4O2S. The van der Waals surface area contributed by atoms with Gasteiger partial charge in [-0.1, -0.05) is 24.3 Å². The number of anilines is 1. The van der Waals surface area contributed by atoms with E-state index in [-0.39, 0.29) is 12.1 Å². The minimum atomic E-state index is -0.0877. The van der Waals surface area contributed by atoms with Crippen LogP contribution in [0.5, 0.6) is 11.5 Å². The molecule has 0 aliphatic carbocycles. The monoisotopic (exact) mass is 498 g/mol. The molecule has 0 radical (unpaired) electrons. The van der Waals surface area contributed by atoms with Gasteiger partial charge in [0, 0.05) is 36.9 Å². The smallest absolute Gasteiger partial charge is 0.174 e. The first kappa shape index (κ1) is 24.0.